The summed E-state index contributed by atoms with van der Waals surface area (Å²) in [7, 11) is 0. The summed E-state index contributed by atoms with van der Waals surface area (Å²) in [6.45, 7) is 0. The minimum atomic E-state index is -5.16. The Morgan fingerprint density at radius 1 is 1.41 bits per heavy atom. The molecule has 0 atom stereocenters. The third kappa shape index (κ3) is 3.02. The van der Waals surface area contributed by atoms with Crippen LogP contribution in [-0.4, -0.2) is 17.6 Å². The fourth-order valence-electron chi connectivity index (χ4n) is 1.02. The van der Waals surface area contributed by atoms with Gasteiger partial charge in [0, 0.05) is 6.20 Å². The summed E-state index contributed by atoms with van der Waals surface area (Å²) in [5, 5.41) is 0. The summed E-state index contributed by atoms with van der Waals surface area (Å²) in [4.78, 5) is 13.5. The Labute approximate surface area is 91.2 Å². The van der Waals surface area contributed by atoms with Crippen LogP contribution in [0.15, 0.2) is 6.20 Å². The van der Waals surface area contributed by atoms with E-state index in [1.54, 1.807) is 0 Å². The molecule has 0 aliphatic carbocycles. The first-order valence-electron chi connectivity index (χ1n) is 4.03. The third-order valence-corrected chi connectivity index (χ3v) is 1.70. The van der Waals surface area contributed by atoms with Gasteiger partial charge in [0.15, 0.2) is 12.0 Å². The monoisotopic (exact) mass is 256 g/mol. The maximum Gasteiger partial charge on any atom is 0.573 e. The van der Waals surface area contributed by atoms with Crippen LogP contribution in [0, 0.1) is 0 Å². The second-order valence-electron chi connectivity index (χ2n) is 2.81. The van der Waals surface area contributed by atoms with Gasteiger partial charge in [0.1, 0.15) is 5.69 Å². The lowest BCUT2D eigenvalue weighted by Crippen LogP contribution is -2.20. The molecule has 1 aromatic heterocycles. The number of nitrogens with zero attached hydrogens (tertiary/aromatic N) is 1. The van der Waals surface area contributed by atoms with E-state index in [0.717, 1.165) is 0 Å². The number of alkyl halides is 5. The van der Waals surface area contributed by atoms with Gasteiger partial charge in [-0.05, 0) is 0 Å². The minimum Gasteiger partial charge on any atom is -0.401 e. The van der Waals surface area contributed by atoms with Crippen molar-refractivity contribution in [3.05, 3.63) is 17.5 Å². The molecule has 0 aliphatic heterocycles. The first-order chi connectivity index (χ1) is 7.76. The van der Waals surface area contributed by atoms with Crippen LogP contribution in [-0.2, 0) is 0 Å². The standard InChI is InChI=1S/C8H5F5N2O2/c9-7(10)3-1-15-4(2-16)6(5(3)14)17-8(11,12)13/h1-2,7H,(H2,14,15). The fraction of sp³-hybridized carbons (Fsp3) is 0.250. The highest BCUT2D eigenvalue weighted by Crippen LogP contribution is 2.36. The predicted octanol–water partition coefficient (Wildman–Crippen LogP) is 2.31. The van der Waals surface area contributed by atoms with Crippen LogP contribution >= 0.6 is 0 Å². The molecule has 1 rings (SSSR count). The van der Waals surface area contributed by atoms with Gasteiger partial charge in [0.25, 0.3) is 6.43 Å². The molecule has 2 N–H and O–H groups in total. The zero-order valence-corrected chi connectivity index (χ0v) is 7.96. The molecular formula is C8H5F5N2O2. The number of hydrogen-bond donors (Lipinski definition) is 1. The van der Waals surface area contributed by atoms with Crippen molar-refractivity contribution in [2.24, 2.45) is 0 Å². The van der Waals surface area contributed by atoms with Crippen molar-refractivity contribution in [3.63, 3.8) is 0 Å². The number of carbonyl (C=O) groups is 1. The van der Waals surface area contributed by atoms with Crippen LogP contribution in [0.5, 0.6) is 5.75 Å². The molecule has 0 saturated carbocycles. The van der Waals surface area contributed by atoms with Crippen molar-refractivity contribution < 1.29 is 31.5 Å². The molecular weight excluding hydrogens is 251 g/mol. The number of aldehydes is 1. The lowest BCUT2D eigenvalue weighted by molar-refractivity contribution is -0.274. The highest BCUT2D eigenvalue weighted by Gasteiger charge is 2.34. The van der Waals surface area contributed by atoms with E-state index in [0.29, 0.717) is 6.20 Å². The lowest BCUT2D eigenvalue weighted by Gasteiger charge is -2.14. The Bertz CT molecular complexity index is 433. The number of halogens is 5. The molecule has 0 saturated heterocycles. The topological polar surface area (TPSA) is 65.2 Å². The predicted molar refractivity (Wildman–Crippen MR) is 45.7 cm³/mol. The fourth-order valence-corrected chi connectivity index (χ4v) is 1.02. The summed E-state index contributed by atoms with van der Waals surface area (Å²) >= 11 is 0. The normalized spacial score (nSPS) is 11.6. The Morgan fingerprint density at radius 2 is 2.00 bits per heavy atom. The number of pyridine rings is 1. The number of nitrogens with two attached hydrogens (primary N) is 1. The number of carbonyl (C=O) groups excluding carboxylic acids is 1. The molecule has 1 heterocycles. The molecule has 0 aromatic carbocycles. The van der Waals surface area contributed by atoms with Crippen molar-refractivity contribution in [3.8, 4) is 5.75 Å². The van der Waals surface area contributed by atoms with E-state index >= 15 is 0 Å². The molecule has 0 aliphatic rings. The molecule has 9 heteroatoms. The van der Waals surface area contributed by atoms with Gasteiger partial charge in [-0.25, -0.2) is 13.8 Å². The SMILES string of the molecule is Nc1c(C(F)F)cnc(C=O)c1OC(F)(F)F. The molecule has 4 nitrogen and oxygen atoms in total. The van der Waals surface area contributed by atoms with Gasteiger partial charge in [-0.2, -0.15) is 0 Å². The van der Waals surface area contributed by atoms with Crippen LogP contribution in [0.25, 0.3) is 0 Å². The van der Waals surface area contributed by atoms with Crippen LogP contribution < -0.4 is 10.5 Å². The highest BCUT2D eigenvalue weighted by molar-refractivity contribution is 5.81. The van der Waals surface area contributed by atoms with Crippen LogP contribution in [0.1, 0.15) is 22.5 Å². The first kappa shape index (κ1) is 13.1. The summed E-state index contributed by atoms with van der Waals surface area (Å²) in [6, 6.07) is 0. The molecule has 0 unspecified atom stereocenters. The summed E-state index contributed by atoms with van der Waals surface area (Å²) in [6.07, 6.45) is -7.84. The largest absolute Gasteiger partial charge is 0.573 e. The van der Waals surface area contributed by atoms with Gasteiger partial charge < -0.3 is 10.5 Å². The van der Waals surface area contributed by atoms with E-state index in [1.807, 2.05) is 0 Å². The average Bonchev–Trinajstić information content (AvgIpc) is 2.18. The zero-order chi connectivity index (χ0) is 13.2. The summed E-state index contributed by atoms with van der Waals surface area (Å²) < 4.78 is 63.9. The second kappa shape index (κ2) is 4.52. The Hall–Kier alpha value is -1.93. The van der Waals surface area contributed by atoms with E-state index in [-0.39, 0.29) is 6.29 Å². The van der Waals surface area contributed by atoms with E-state index < -0.39 is 35.5 Å². The Morgan fingerprint density at radius 3 is 2.41 bits per heavy atom. The van der Waals surface area contributed by atoms with Gasteiger partial charge >= 0.3 is 6.36 Å². The molecule has 0 fully saturated rings. The van der Waals surface area contributed by atoms with Crippen molar-refractivity contribution in [2.75, 3.05) is 5.73 Å². The number of nitrogen functional groups attached to an aromatic ring is 1. The number of hydrogen-bond acceptors (Lipinski definition) is 4. The maximum atomic E-state index is 12.3. The summed E-state index contributed by atoms with van der Waals surface area (Å²) in [5.41, 5.74) is 2.36. The van der Waals surface area contributed by atoms with Crippen LogP contribution in [0.4, 0.5) is 27.6 Å². The van der Waals surface area contributed by atoms with E-state index in [2.05, 4.69) is 9.72 Å². The molecule has 0 radical (unpaired) electrons. The van der Waals surface area contributed by atoms with Crippen LogP contribution in [0.2, 0.25) is 0 Å². The number of aromatic nitrogens is 1. The van der Waals surface area contributed by atoms with E-state index in [1.165, 1.54) is 0 Å². The minimum absolute atomic E-state index is 0.0767. The molecule has 0 spiro atoms. The second-order valence-corrected chi connectivity index (χ2v) is 2.81. The Balaban J connectivity index is 3.32. The van der Waals surface area contributed by atoms with Gasteiger partial charge in [0.2, 0.25) is 0 Å². The number of rotatable bonds is 3. The molecule has 1 aromatic rings. The van der Waals surface area contributed by atoms with Gasteiger partial charge in [-0.15, -0.1) is 13.2 Å². The number of anilines is 1. The highest BCUT2D eigenvalue weighted by atomic mass is 19.4. The van der Waals surface area contributed by atoms with Gasteiger partial charge in [0.05, 0.1) is 11.3 Å². The molecule has 17 heavy (non-hydrogen) atoms. The van der Waals surface area contributed by atoms with Crippen molar-refractivity contribution in [1.29, 1.82) is 0 Å². The van der Waals surface area contributed by atoms with E-state index in [4.69, 9.17) is 5.73 Å². The molecule has 0 bridgehead atoms. The maximum absolute atomic E-state index is 12.3. The first-order valence-corrected chi connectivity index (χ1v) is 4.03. The third-order valence-electron chi connectivity index (χ3n) is 1.70. The average molecular weight is 256 g/mol. The zero-order valence-electron chi connectivity index (χ0n) is 7.96. The number of ether oxygens (including phenoxy) is 1. The molecule has 0 amide bonds. The quantitative estimate of drug-likeness (QED) is 0.665. The Kier molecular flexibility index (Phi) is 3.49. The van der Waals surface area contributed by atoms with Crippen molar-refractivity contribution in [1.82, 2.24) is 4.98 Å². The van der Waals surface area contributed by atoms with Gasteiger partial charge in [-0.1, -0.05) is 0 Å². The lowest BCUT2D eigenvalue weighted by atomic mass is 10.2. The van der Waals surface area contributed by atoms with Crippen molar-refractivity contribution >= 4 is 12.0 Å². The molecule has 94 valence electrons. The van der Waals surface area contributed by atoms with Crippen LogP contribution in [0.3, 0.4) is 0 Å². The van der Waals surface area contributed by atoms with Crippen molar-refractivity contribution in [2.45, 2.75) is 12.8 Å². The smallest absolute Gasteiger partial charge is 0.401 e. The van der Waals surface area contributed by atoms with E-state index in [9.17, 15) is 26.7 Å². The summed E-state index contributed by atoms with van der Waals surface area (Å²) in [5.74, 6) is -1.22. The van der Waals surface area contributed by atoms with Gasteiger partial charge in [-0.3, -0.25) is 4.79 Å².